The lowest BCUT2D eigenvalue weighted by Gasteiger charge is -2.35. The zero-order valence-corrected chi connectivity index (χ0v) is 11.9. The van der Waals surface area contributed by atoms with Crippen LogP contribution in [0, 0.1) is 6.92 Å². The molecule has 0 saturated carbocycles. The van der Waals surface area contributed by atoms with Crippen molar-refractivity contribution in [1.29, 1.82) is 0 Å². The Morgan fingerprint density at radius 2 is 1.84 bits per heavy atom. The fraction of sp³-hybridized carbons (Fsp3) is 0.562. The first-order chi connectivity index (χ1) is 8.96. The molecule has 0 radical (unpaired) electrons. The number of hydrogen-bond acceptors (Lipinski definition) is 2. The zero-order valence-electron chi connectivity index (χ0n) is 11.9. The third-order valence-electron chi connectivity index (χ3n) is 3.94. The van der Waals surface area contributed by atoms with Gasteiger partial charge in [0.25, 0.3) is 0 Å². The summed E-state index contributed by atoms with van der Waals surface area (Å²) in [6.45, 7) is 5.27. The number of amides is 1. The Balaban J connectivity index is 1.80. The smallest absolute Gasteiger partial charge is 0.222 e. The predicted octanol–water partition coefficient (Wildman–Crippen LogP) is 2.30. The summed E-state index contributed by atoms with van der Waals surface area (Å²) in [6.07, 6.45) is 2.73. The summed E-state index contributed by atoms with van der Waals surface area (Å²) < 4.78 is 0. The average Bonchev–Trinajstić information content (AvgIpc) is 2.37. The van der Waals surface area contributed by atoms with Gasteiger partial charge in [-0.2, -0.15) is 0 Å². The molecule has 1 fully saturated rings. The summed E-state index contributed by atoms with van der Waals surface area (Å²) in [7, 11) is 0. The van der Waals surface area contributed by atoms with Crippen LogP contribution >= 0.6 is 0 Å². The van der Waals surface area contributed by atoms with Gasteiger partial charge in [-0.1, -0.05) is 29.8 Å². The molecular weight excluding hydrogens is 238 g/mol. The summed E-state index contributed by atoms with van der Waals surface area (Å²) >= 11 is 0. The molecule has 1 aromatic rings. The molecule has 0 unspecified atom stereocenters. The molecule has 1 aliphatic heterocycles. The summed E-state index contributed by atoms with van der Waals surface area (Å²) in [6, 6.07) is 8.34. The van der Waals surface area contributed by atoms with Crippen LogP contribution in [0.3, 0.4) is 0 Å². The summed E-state index contributed by atoms with van der Waals surface area (Å²) in [4.78, 5) is 14.0. The minimum Gasteiger partial charge on any atom is -0.390 e. The Morgan fingerprint density at radius 1 is 1.26 bits per heavy atom. The number of carbonyl (C=O) groups is 1. The van der Waals surface area contributed by atoms with Crippen LogP contribution in [0.5, 0.6) is 0 Å². The first-order valence-corrected chi connectivity index (χ1v) is 7.02. The van der Waals surface area contributed by atoms with Gasteiger partial charge < -0.3 is 10.0 Å². The maximum Gasteiger partial charge on any atom is 0.222 e. The highest BCUT2D eigenvalue weighted by molar-refractivity contribution is 5.76. The van der Waals surface area contributed by atoms with Crippen LogP contribution in [0.25, 0.3) is 0 Å². The highest BCUT2D eigenvalue weighted by Gasteiger charge is 2.29. The van der Waals surface area contributed by atoms with E-state index >= 15 is 0 Å². The fourth-order valence-corrected chi connectivity index (χ4v) is 2.40. The van der Waals surface area contributed by atoms with Crippen molar-refractivity contribution in [1.82, 2.24) is 4.90 Å². The van der Waals surface area contributed by atoms with Crippen LogP contribution in [0.4, 0.5) is 0 Å². The molecule has 3 nitrogen and oxygen atoms in total. The number of nitrogens with zero attached hydrogens (tertiary/aromatic N) is 1. The van der Waals surface area contributed by atoms with E-state index in [0.717, 1.165) is 6.42 Å². The van der Waals surface area contributed by atoms with Crippen LogP contribution in [0.1, 0.15) is 37.3 Å². The minimum atomic E-state index is -0.590. The van der Waals surface area contributed by atoms with E-state index in [1.165, 1.54) is 11.1 Å². The van der Waals surface area contributed by atoms with Crippen LogP contribution < -0.4 is 0 Å². The Bertz CT molecular complexity index is 427. The minimum absolute atomic E-state index is 0.205. The van der Waals surface area contributed by atoms with E-state index < -0.39 is 5.60 Å². The van der Waals surface area contributed by atoms with E-state index in [4.69, 9.17) is 0 Å². The number of hydrogen-bond donors (Lipinski definition) is 1. The van der Waals surface area contributed by atoms with Crippen LogP contribution in [0.15, 0.2) is 24.3 Å². The van der Waals surface area contributed by atoms with Crippen LogP contribution in [-0.4, -0.2) is 34.6 Å². The second-order valence-corrected chi connectivity index (χ2v) is 5.86. The first-order valence-electron chi connectivity index (χ1n) is 7.02. The van der Waals surface area contributed by atoms with Crippen molar-refractivity contribution in [2.75, 3.05) is 13.1 Å². The largest absolute Gasteiger partial charge is 0.390 e. The number of likely N-dealkylation sites (tertiary alicyclic amines) is 1. The number of piperidine rings is 1. The van der Waals surface area contributed by atoms with Gasteiger partial charge in [-0.05, 0) is 38.7 Å². The topological polar surface area (TPSA) is 40.5 Å². The highest BCUT2D eigenvalue weighted by Crippen LogP contribution is 2.21. The summed E-state index contributed by atoms with van der Waals surface area (Å²) in [5.74, 6) is 0.205. The third-order valence-corrected chi connectivity index (χ3v) is 3.94. The molecule has 1 heterocycles. The number of aryl methyl sites for hydroxylation is 2. The molecular formula is C16H23NO2. The maximum atomic E-state index is 12.1. The standard InChI is InChI=1S/C16H23NO2/c1-13-3-5-14(6-4-13)7-8-15(18)17-11-9-16(2,19)10-12-17/h3-6,19H,7-12H2,1-2H3. The Hall–Kier alpha value is -1.35. The molecule has 2 rings (SSSR count). The lowest BCUT2D eigenvalue weighted by atomic mass is 9.93. The molecule has 104 valence electrons. The van der Waals surface area contributed by atoms with Crippen molar-refractivity contribution in [3.63, 3.8) is 0 Å². The predicted molar refractivity (Wildman–Crippen MR) is 75.9 cm³/mol. The van der Waals surface area contributed by atoms with Gasteiger partial charge in [0.15, 0.2) is 0 Å². The third kappa shape index (κ3) is 4.06. The molecule has 1 amide bonds. The Morgan fingerprint density at radius 3 is 2.42 bits per heavy atom. The van der Waals surface area contributed by atoms with Gasteiger partial charge in [-0.25, -0.2) is 0 Å². The van der Waals surface area contributed by atoms with E-state index in [0.29, 0.717) is 32.4 Å². The van der Waals surface area contributed by atoms with E-state index in [1.54, 1.807) is 0 Å². The van der Waals surface area contributed by atoms with E-state index in [9.17, 15) is 9.90 Å². The molecule has 19 heavy (non-hydrogen) atoms. The molecule has 0 aromatic heterocycles. The second kappa shape index (κ2) is 5.74. The molecule has 1 N–H and O–H groups in total. The van der Waals surface area contributed by atoms with E-state index in [1.807, 2.05) is 11.8 Å². The number of benzene rings is 1. The van der Waals surface area contributed by atoms with Crippen molar-refractivity contribution in [2.24, 2.45) is 0 Å². The number of carbonyl (C=O) groups excluding carboxylic acids is 1. The molecule has 1 aromatic carbocycles. The van der Waals surface area contributed by atoms with Crippen molar-refractivity contribution < 1.29 is 9.90 Å². The lowest BCUT2D eigenvalue weighted by molar-refractivity contribution is -0.134. The first kappa shape index (κ1) is 14.1. The Labute approximate surface area is 115 Å². The molecule has 0 atom stereocenters. The number of aliphatic hydroxyl groups is 1. The highest BCUT2D eigenvalue weighted by atomic mass is 16.3. The van der Waals surface area contributed by atoms with Crippen molar-refractivity contribution in [3.05, 3.63) is 35.4 Å². The molecule has 3 heteroatoms. The van der Waals surface area contributed by atoms with Crippen molar-refractivity contribution in [2.45, 2.75) is 45.1 Å². The van der Waals surface area contributed by atoms with Crippen LogP contribution in [0.2, 0.25) is 0 Å². The SMILES string of the molecule is Cc1ccc(CCC(=O)N2CCC(C)(O)CC2)cc1. The summed E-state index contributed by atoms with van der Waals surface area (Å²) in [5, 5.41) is 9.87. The maximum absolute atomic E-state index is 12.1. The average molecular weight is 261 g/mol. The quantitative estimate of drug-likeness (QED) is 0.907. The second-order valence-electron chi connectivity index (χ2n) is 5.86. The molecule has 1 aliphatic rings. The van der Waals surface area contributed by atoms with E-state index in [2.05, 4.69) is 31.2 Å². The van der Waals surface area contributed by atoms with Gasteiger partial charge in [0.05, 0.1) is 5.60 Å². The van der Waals surface area contributed by atoms with Gasteiger partial charge in [0, 0.05) is 19.5 Å². The molecule has 1 saturated heterocycles. The number of rotatable bonds is 3. The normalized spacial score (nSPS) is 18.4. The van der Waals surface area contributed by atoms with Gasteiger partial charge >= 0.3 is 0 Å². The molecule has 0 spiro atoms. The fourth-order valence-electron chi connectivity index (χ4n) is 2.40. The lowest BCUT2D eigenvalue weighted by Crippen LogP contribution is -2.45. The zero-order chi connectivity index (χ0) is 13.9. The molecule has 0 aliphatic carbocycles. The van der Waals surface area contributed by atoms with Gasteiger partial charge in [-0.3, -0.25) is 4.79 Å². The van der Waals surface area contributed by atoms with Crippen molar-refractivity contribution in [3.8, 4) is 0 Å². The van der Waals surface area contributed by atoms with Gasteiger partial charge in [0.1, 0.15) is 0 Å². The van der Waals surface area contributed by atoms with Crippen LogP contribution in [-0.2, 0) is 11.2 Å². The van der Waals surface area contributed by atoms with Gasteiger partial charge in [-0.15, -0.1) is 0 Å². The summed E-state index contributed by atoms with van der Waals surface area (Å²) in [5.41, 5.74) is 1.87. The molecule has 0 bridgehead atoms. The van der Waals surface area contributed by atoms with E-state index in [-0.39, 0.29) is 5.91 Å². The Kier molecular flexibility index (Phi) is 4.25. The monoisotopic (exact) mass is 261 g/mol. The van der Waals surface area contributed by atoms with Gasteiger partial charge in [0.2, 0.25) is 5.91 Å². The van der Waals surface area contributed by atoms with Crippen molar-refractivity contribution >= 4 is 5.91 Å².